The number of hydrogen-bond donors (Lipinski definition) is 0. The van der Waals surface area contributed by atoms with Crippen molar-refractivity contribution in [1.29, 1.82) is 0 Å². The molecule has 2 saturated heterocycles. The molecule has 2 heterocycles. The number of unbranched alkanes of at least 4 members (excludes halogenated alkanes) is 21. The van der Waals surface area contributed by atoms with Crippen LogP contribution in [-0.4, -0.2) is 38.6 Å². The molecule has 4 heteroatoms. The summed E-state index contributed by atoms with van der Waals surface area (Å²) in [5.41, 5.74) is 2.80. The Morgan fingerprint density at radius 1 is 0.481 bits per heavy atom. The van der Waals surface area contributed by atoms with Gasteiger partial charge in [0.15, 0.2) is 0 Å². The molecule has 2 atom stereocenters. The molecule has 2 aromatic carbocycles. The molecule has 0 spiro atoms. The van der Waals surface area contributed by atoms with E-state index in [9.17, 15) is 0 Å². The van der Waals surface area contributed by atoms with Crippen LogP contribution in [0.4, 0.5) is 0 Å². The van der Waals surface area contributed by atoms with Gasteiger partial charge >= 0.3 is 0 Å². The lowest BCUT2D eigenvalue weighted by Gasteiger charge is -2.07. The van der Waals surface area contributed by atoms with Gasteiger partial charge in [0.25, 0.3) is 0 Å². The molecule has 0 radical (unpaired) electrons. The molecule has 0 N–H and O–H groups in total. The zero-order chi connectivity index (χ0) is 36.6. The number of benzene rings is 2. The third-order valence-corrected chi connectivity index (χ3v) is 10.3. The van der Waals surface area contributed by atoms with Gasteiger partial charge in [-0.15, -0.1) is 0 Å². The van der Waals surface area contributed by atoms with Crippen molar-refractivity contribution in [2.45, 2.75) is 193 Å². The fourth-order valence-electron chi connectivity index (χ4n) is 6.68. The van der Waals surface area contributed by atoms with Gasteiger partial charge in [-0.05, 0) is 86.8 Å². The molecule has 2 aliphatic heterocycles. The summed E-state index contributed by atoms with van der Waals surface area (Å²) in [7, 11) is 0. The summed E-state index contributed by atoms with van der Waals surface area (Å²) in [6.45, 7) is 7.66. The summed E-state index contributed by atoms with van der Waals surface area (Å²) in [6.07, 6.45) is 40.9. The molecule has 4 rings (SSSR count). The Labute approximate surface area is 320 Å². The first kappa shape index (κ1) is 44.1. The van der Waals surface area contributed by atoms with Crippen LogP contribution in [0.15, 0.2) is 60.7 Å². The topological polar surface area (TPSA) is 43.5 Å². The van der Waals surface area contributed by atoms with Crippen LogP contribution in [0.5, 0.6) is 11.5 Å². The van der Waals surface area contributed by atoms with E-state index in [4.69, 9.17) is 18.9 Å². The maximum absolute atomic E-state index is 5.76. The van der Waals surface area contributed by atoms with Gasteiger partial charge in [0.05, 0.1) is 13.2 Å². The molecule has 0 aliphatic carbocycles. The smallest absolute Gasteiger partial charge is 0.119 e. The number of hydrogen-bond acceptors (Lipinski definition) is 4. The van der Waals surface area contributed by atoms with Gasteiger partial charge in [0, 0.05) is 0 Å². The van der Waals surface area contributed by atoms with Crippen molar-refractivity contribution in [3.8, 4) is 11.5 Å². The Balaban J connectivity index is 0.000000280. The zero-order valence-corrected chi connectivity index (χ0v) is 33.8. The molecule has 0 aromatic heterocycles. The van der Waals surface area contributed by atoms with Crippen LogP contribution >= 0.6 is 0 Å². The highest BCUT2D eigenvalue weighted by Gasteiger charge is 2.23. The predicted octanol–water partition coefficient (Wildman–Crippen LogP) is 14.0. The zero-order valence-electron chi connectivity index (χ0n) is 33.8. The van der Waals surface area contributed by atoms with E-state index in [-0.39, 0.29) is 0 Å². The fraction of sp³-hybridized carbons (Fsp3) is 0.708. The second-order valence-electron chi connectivity index (χ2n) is 15.4. The first-order valence-corrected chi connectivity index (χ1v) is 22.1. The van der Waals surface area contributed by atoms with Crippen molar-refractivity contribution in [3.05, 3.63) is 71.8 Å². The van der Waals surface area contributed by atoms with Gasteiger partial charge in [-0.1, -0.05) is 166 Å². The normalized spacial score (nSPS) is 16.1. The lowest BCUT2D eigenvalue weighted by molar-refractivity contribution is 0.263. The summed E-state index contributed by atoms with van der Waals surface area (Å²) >= 11 is 0. The largest absolute Gasteiger partial charge is 0.491 e. The number of rotatable bonds is 33. The minimum absolute atomic E-state index is 0.328. The molecule has 0 amide bonds. The molecule has 2 aromatic rings. The average Bonchev–Trinajstić information content (AvgIpc) is 4.11. The Morgan fingerprint density at radius 3 is 1.21 bits per heavy atom. The van der Waals surface area contributed by atoms with Gasteiger partial charge in [-0.25, -0.2) is 0 Å². The van der Waals surface area contributed by atoms with Crippen molar-refractivity contribution < 1.29 is 18.9 Å². The van der Waals surface area contributed by atoms with Crippen LogP contribution in [0.2, 0.25) is 0 Å². The molecule has 52 heavy (non-hydrogen) atoms. The summed E-state index contributed by atoms with van der Waals surface area (Å²) in [5.74, 6) is 1.98. The van der Waals surface area contributed by atoms with Crippen molar-refractivity contribution in [3.63, 3.8) is 0 Å². The third-order valence-electron chi connectivity index (χ3n) is 10.3. The average molecular weight is 719 g/mol. The monoisotopic (exact) mass is 719 g/mol. The van der Waals surface area contributed by atoms with Gasteiger partial charge in [0.1, 0.15) is 36.9 Å². The number of epoxide rings is 2. The summed E-state index contributed by atoms with van der Waals surface area (Å²) in [4.78, 5) is 0. The van der Waals surface area contributed by atoms with E-state index in [1.807, 2.05) is 6.07 Å². The summed E-state index contributed by atoms with van der Waals surface area (Å²) < 4.78 is 21.9. The van der Waals surface area contributed by atoms with Crippen LogP contribution in [0.3, 0.4) is 0 Å². The van der Waals surface area contributed by atoms with E-state index in [2.05, 4.69) is 68.5 Å². The van der Waals surface area contributed by atoms with Crippen LogP contribution in [0, 0.1) is 0 Å². The highest BCUT2D eigenvalue weighted by atomic mass is 16.6. The Kier molecular flexibility index (Phi) is 26.4. The summed E-state index contributed by atoms with van der Waals surface area (Å²) in [5, 5.41) is 0. The maximum Gasteiger partial charge on any atom is 0.119 e. The van der Waals surface area contributed by atoms with Gasteiger partial charge in [-0.2, -0.15) is 0 Å². The summed E-state index contributed by atoms with van der Waals surface area (Å²) in [6, 6.07) is 17.1. The third kappa shape index (κ3) is 25.6. The van der Waals surface area contributed by atoms with Gasteiger partial charge < -0.3 is 18.9 Å². The highest BCUT2D eigenvalue weighted by Crippen LogP contribution is 2.20. The molecule has 294 valence electrons. The number of allylic oxidation sites excluding steroid dienone is 2. The van der Waals surface area contributed by atoms with E-state index in [1.165, 1.54) is 172 Å². The van der Waals surface area contributed by atoms with Crippen molar-refractivity contribution in [2.75, 3.05) is 26.4 Å². The van der Waals surface area contributed by atoms with Crippen LogP contribution in [0.1, 0.15) is 179 Å². The first-order valence-electron chi connectivity index (χ1n) is 22.1. The molecule has 2 fully saturated rings. The Bertz CT molecular complexity index is 1120. The SMILES string of the molecule is CCCCCC/C=C/CCCCCCCc1cccc(OCC2CO2)c1.CCCCCCCCCCCCCCCc1cccc(OCC2CO2)c1. The molecule has 0 bridgehead atoms. The van der Waals surface area contributed by atoms with Crippen LogP contribution in [-0.2, 0) is 22.3 Å². The number of aryl methyl sites for hydroxylation is 2. The predicted molar refractivity (Wildman–Crippen MR) is 222 cm³/mol. The fourth-order valence-corrected chi connectivity index (χ4v) is 6.68. The lowest BCUT2D eigenvalue weighted by Crippen LogP contribution is -2.04. The molecule has 2 aliphatic rings. The van der Waals surface area contributed by atoms with E-state index in [0.29, 0.717) is 25.4 Å². The standard InChI is InChI=1S/C24H40O2.C24H38O2/c2*1-2-3-4-5-6-7-8-9-10-11-12-13-14-16-22-17-15-18-23(19-22)25-20-24-21-26-24/h15,17-19,24H,2-14,16,20-21H2,1H3;7-8,15,17-19,24H,2-6,9-14,16,20-21H2,1H3/b;8-7+. The maximum atomic E-state index is 5.76. The first-order chi connectivity index (χ1) is 25.8. The quantitative estimate of drug-likeness (QED) is 0.0419. The van der Waals surface area contributed by atoms with Crippen molar-refractivity contribution in [1.82, 2.24) is 0 Å². The molecule has 0 saturated carbocycles. The number of ether oxygens (including phenoxy) is 4. The van der Waals surface area contributed by atoms with Gasteiger partial charge in [-0.3, -0.25) is 0 Å². The minimum Gasteiger partial charge on any atom is -0.491 e. The lowest BCUT2D eigenvalue weighted by atomic mass is 10.0. The Morgan fingerprint density at radius 2 is 0.827 bits per heavy atom. The highest BCUT2D eigenvalue weighted by molar-refractivity contribution is 5.29. The van der Waals surface area contributed by atoms with Crippen molar-refractivity contribution >= 4 is 0 Å². The van der Waals surface area contributed by atoms with E-state index >= 15 is 0 Å². The second-order valence-corrected chi connectivity index (χ2v) is 15.4. The van der Waals surface area contributed by atoms with Crippen molar-refractivity contribution in [2.24, 2.45) is 0 Å². The van der Waals surface area contributed by atoms with Crippen LogP contribution in [0.25, 0.3) is 0 Å². The van der Waals surface area contributed by atoms with E-state index in [1.54, 1.807) is 0 Å². The molecular weight excluding hydrogens is 641 g/mol. The molecular formula is C48H78O4. The molecule has 2 unspecified atom stereocenters. The Hall–Kier alpha value is -2.30. The minimum atomic E-state index is 0.328. The molecule has 4 nitrogen and oxygen atoms in total. The van der Waals surface area contributed by atoms with Gasteiger partial charge in [0.2, 0.25) is 0 Å². The van der Waals surface area contributed by atoms with E-state index < -0.39 is 0 Å². The van der Waals surface area contributed by atoms with Crippen LogP contribution < -0.4 is 9.47 Å². The van der Waals surface area contributed by atoms with E-state index in [0.717, 1.165) is 31.1 Å². The second kappa shape index (κ2) is 31.1.